The molecule has 0 aliphatic carbocycles. The first kappa shape index (κ1) is 20.0. The summed E-state index contributed by atoms with van der Waals surface area (Å²) >= 11 is 12.3. The maximum atomic E-state index is 13.5. The number of benzene rings is 2. The van der Waals surface area contributed by atoms with Crippen molar-refractivity contribution in [3.63, 3.8) is 0 Å². The van der Waals surface area contributed by atoms with Gasteiger partial charge >= 0.3 is 0 Å². The normalized spacial score (nSPS) is 18.2. The third-order valence-electron chi connectivity index (χ3n) is 5.36. The van der Waals surface area contributed by atoms with E-state index in [1.165, 1.54) is 4.90 Å². The minimum absolute atomic E-state index is 0.336. The largest absolute Gasteiger partial charge is 0.364 e. The van der Waals surface area contributed by atoms with Gasteiger partial charge in [-0.3, -0.25) is 9.59 Å². The van der Waals surface area contributed by atoms with Gasteiger partial charge in [-0.2, -0.15) is 0 Å². The van der Waals surface area contributed by atoms with Crippen molar-refractivity contribution >= 4 is 46.3 Å². The first-order valence-corrected chi connectivity index (χ1v) is 10.4. The van der Waals surface area contributed by atoms with Crippen molar-refractivity contribution in [2.24, 2.45) is 0 Å². The highest BCUT2D eigenvalue weighted by atomic mass is 35.5. The Bertz CT molecular complexity index is 963. The molecule has 1 saturated heterocycles. The summed E-state index contributed by atoms with van der Waals surface area (Å²) in [6.45, 7) is 6.20. The average molecular weight is 430 g/mol. The second kappa shape index (κ2) is 8.19. The number of carbonyl (C=O) groups is 2. The van der Waals surface area contributed by atoms with Crippen molar-refractivity contribution in [2.45, 2.75) is 6.92 Å². The molecule has 0 N–H and O–H groups in total. The number of likely N-dealkylation sites (N-methyl/N-ethyl adjacent to an activating group) is 1. The second-order valence-corrected chi connectivity index (χ2v) is 7.96. The van der Waals surface area contributed by atoms with Crippen LogP contribution in [0.25, 0.3) is 5.57 Å². The maximum absolute atomic E-state index is 13.5. The number of anilines is 1. The lowest BCUT2D eigenvalue weighted by Crippen LogP contribution is -2.47. The van der Waals surface area contributed by atoms with Crippen molar-refractivity contribution in [2.75, 3.05) is 37.6 Å². The number of hydrogen-bond donors (Lipinski definition) is 0. The predicted molar refractivity (Wildman–Crippen MR) is 116 cm³/mol. The fourth-order valence-electron chi connectivity index (χ4n) is 3.87. The summed E-state index contributed by atoms with van der Waals surface area (Å²) < 4.78 is 0. The molecular formula is C22H21Cl2N3O2. The van der Waals surface area contributed by atoms with Gasteiger partial charge in [-0.15, -0.1) is 0 Å². The molecule has 0 aromatic heterocycles. The Labute approximate surface area is 180 Å². The number of amides is 2. The van der Waals surface area contributed by atoms with E-state index in [4.69, 9.17) is 23.2 Å². The van der Waals surface area contributed by atoms with Crippen molar-refractivity contribution in [3.8, 4) is 0 Å². The van der Waals surface area contributed by atoms with Crippen molar-refractivity contribution in [1.82, 2.24) is 9.80 Å². The lowest BCUT2D eigenvalue weighted by Gasteiger charge is -2.36. The Morgan fingerprint density at radius 3 is 2.07 bits per heavy atom. The van der Waals surface area contributed by atoms with E-state index >= 15 is 0 Å². The Kier molecular flexibility index (Phi) is 5.63. The van der Waals surface area contributed by atoms with Crippen LogP contribution in [0.2, 0.25) is 10.0 Å². The molecule has 0 spiro atoms. The van der Waals surface area contributed by atoms with Gasteiger partial charge in [-0.05, 0) is 30.3 Å². The van der Waals surface area contributed by atoms with E-state index in [1.807, 2.05) is 35.2 Å². The zero-order chi connectivity index (χ0) is 20.5. The van der Waals surface area contributed by atoms with Crippen LogP contribution in [-0.2, 0) is 9.59 Å². The molecule has 0 unspecified atom stereocenters. The molecule has 0 saturated carbocycles. The van der Waals surface area contributed by atoms with Gasteiger partial charge in [0, 0.05) is 36.2 Å². The number of piperazine rings is 1. The molecule has 5 nitrogen and oxygen atoms in total. The Hall–Kier alpha value is -2.34. The van der Waals surface area contributed by atoms with Crippen LogP contribution in [0.1, 0.15) is 12.5 Å². The molecule has 29 heavy (non-hydrogen) atoms. The van der Waals surface area contributed by atoms with E-state index < -0.39 is 0 Å². The predicted octanol–water partition coefficient (Wildman–Crippen LogP) is 3.92. The molecule has 0 atom stereocenters. The summed E-state index contributed by atoms with van der Waals surface area (Å²) in [5, 5.41) is 0.749. The van der Waals surface area contributed by atoms with E-state index in [0.29, 0.717) is 40.1 Å². The number of halogens is 2. The molecular weight excluding hydrogens is 409 g/mol. The summed E-state index contributed by atoms with van der Waals surface area (Å²) in [5.41, 5.74) is 1.99. The highest BCUT2D eigenvalue weighted by Gasteiger charge is 2.43. The minimum Gasteiger partial charge on any atom is -0.364 e. The molecule has 1 fully saturated rings. The van der Waals surface area contributed by atoms with Gasteiger partial charge < -0.3 is 9.80 Å². The van der Waals surface area contributed by atoms with Gasteiger partial charge in [-0.1, -0.05) is 60.5 Å². The van der Waals surface area contributed by atoms with Gasteiger partial charge in [0.05, 0.1) is 11.3 Å². The first-order valence-electron chi connectivity index (χ1n) is 9.61. The van der Waals surface area contributed by atoms with Crippen molar-refractivity contribution in [1.29, 1.82) is 0 Å². The molecule has 4 rings (SSSR count). The van der Waals surface area contributed by atoms with Crippen LogP contribution < -0.4 is 4.90 Å². The highest BCUT2D eigenvalue weighted by Crippen LogP contribution is 2.36. The Morgan fingerprint density at radius 2 is 1.48 bits per heavy atom. The summed E-state index contributed by atoms with van der Waals surface area (Å²) in [4.78, 5) is 32.5. The van der Waals surface area contributed by atoms with Crippen LogP contribution in [0.15, 0.2) is 54.2 Å². The van der Waals surface area contributed by atoms with Gasteiger partial charge in [-0.25, -0.2) is 4.90 Å². The summed E-state index contributed by atoms with van der Waals surface area (Å²) in [6, 6.07) is 14.1. The molecule has 7 heteroatoms. The van der Waals surface area contributed by atoms with E-state index in [1.54, 1.807) is 18.2 Å². The molecule has 2 aliphatic rings. The molecule has 2 aromatic rings. The van der Waals surface area contributed by atoms with Crippen LogP contribution in [0.4, 0.5) is 5.69 Å². The summed E-state index contributed by atoms with van der Waals surface area (Å²) in [5.74, 6) is -0.690. The molecule has 2 amide bonds. The Balaban J connectivity index is 1.78. The topological polar surface area (TPSA) is 43.9 Å². The minimum atomic E-state index is -0.354. The standard InChI is InChI=1S/C22H21Cl2N3O2/c1-2-25-8-10-26(11-9-25)20-19(15-6-4-3-5-7-15)21(28)27(22(20)29)18-13-16(23)12-17(24)14-18/h3-7,12-14H,2,8-11H2,1H3. The second-order valence-electron chi connectivity index (χ2n) is 7.08. The van der Waals surface area contributed by atoms with Crippen LogP contribution >= 0.6 is 23.2 Å². The SMILES string of the molecule is CCN1CCN(C2=C(c3ccccc3)C(=O)N(c3cc(Cl)cc(Cl)c3)C2=O)CC1. The van der Waals surface area contributed by atoms with Crippen molar-refractivity contribution in [3.05, 3.63) is 69.8 Å². The zero-order valence-electron chi connectivity index (χ0n) is 16.1. The fraction of sp³-hybridized carbons (Fsp3) is 0.273. The molecule has 2 aliphatic heterocycles. The van der Waals surface area contributed by atoms with Gasteiger partial charge in [0.2, 0.25) is 0 Å². The average Bonchev–Trinajstić information content (AvgIpc) is 2.98. The van der Waals surface area contributed by atoms with Crippen LogP contribution in [-0.4, -0.2) is 54.3 Å². The maximum Gasteiger partial charge on any atom is 0.282 e. The van der Waals surface area contributed by atoms with E-state index in [-0.39, 0.29) is 11.8 Å². The van der Waals surface area contributed by atoms with Gasteiger partial charge in [0.15, 0.2) is 0 Å². The van der Waals surface area contributed by atoms with Crippen LogP contribution in [0, 0.1) is 0 Å². The smallest absolute Gasteiger partial charge is 0.282 e. The summed E-state index contributed by atoms with van der Waals surface area (Å²) in [7, 11) is 0. The van der Waals surface area contributed by atoms with E-state index in [9.17, 15) is 9.59 Å². The number of imide groups is 1. The molecule has 2 heterocycles. The Morgan fingerprint density at radius 1 is 0.862 bits per heavy atom. The van der Waals surface area contributed by atoms with Gasteiger partial charge in [0.1, 0.15) is 5.70 Å². The number of rotatable bonds is 4. The molecule has 0 radical (unpaired) electrons. The summed E-state index contributed by atoms with van der Waals surface area (Å²) in [6.07, 6.45) is 0. The third kappa shape index (κ3) is 3.78. The lowest BCUT2D eigenvalue weighted by molar-refractivity contribution is -0.120. The fourth-order valence-corrected chi connectivity index (χ4v) is 4.38. The first-order chi connectivity index (χ1) is 14.0. The van der Waals surface area contributed by atoms with Crippen LogP contribution in [0.5, 0.6) is 0 Å². The molecule has 0 bridgehead atoms. The molecule has 2 aromatic carbocycles. The van der Waals surface area contributed by atoms with Crippen LogP contribution in [0.3, 0.4) is 0 Å². The number of nitrogens with zero attached hydrogens (tertiary/aromatic N) is 3. The lowest BCUT2D eigenvalue weighted by atomic mass is 10.0. The quantitative estimate of drug-likeness (QED) is 0.690. The molecule has 150 valence electrons. The van der Waals surface area contributed by atoms with Crippen molar-refractivity contribution < 1.29 is 9.59 Å². The number of hydrogen-bond acceptors (Lipinski definition) is 4. The zero-order valence-corrected chi connectivity index (χ0v) is 17.6. The van der Waals surface area contributed by atoms with E-state index in [2.05, 4.69) is 11.8 Å². The van der Waals surface area contributed by atoms with E-state index in [0.717, 1.165) is 25.2 Å². The monoisotopic (exact) mass is 429 g/mol. The number of carbonyl (C=O) groups excluding carboxylic acids is 2. The third-order valence-corrected chi connectivity index (χ3v) is 5.80. The highest BCUT2D eigenvalue weighted by molar-refractivity contribution is 6.46. The van der Waals surface area contributed by atoms with Gasteiger partial charge in [0.25, 0.3) is 11.8 Å².